The van der Waals surface area contributed by atoms with Crippen LogP contribution in [0, 0.1) is 5.41 Å². The summed E-state index contributed by atoms with van der Waals surface area (Å²) in [7, 11) is 1.34. The molecule has 1 aromatic carbocycles. The molecule has 128 valence electrons. The van der Waals surface area contributed by atoms with Crippen molar-refractivity contribution in [2.45, 2.75) is 52.6 Å². The Morgan fingerprint density at radius 3 is 2.09 bits per heavy atom. The number of methoxy groups -OCH3 is 1. The summed E-state index contributed by atoms with van der Waals surface area (Å²) in [5.41, 5.74) is -0.621. The van der Waals surface area contributed by atoms with Gasteiger partial charge >= 0.3 is 11.9 Å². The number of hydrogen-bond donors (Lipinski definition) is 0. The largest absolute Gasteiger partial charge is 0.469 e. The lowest BCUT2D eigenvalue weighted by molar-refractivity contribution is -0.166. The second-order valence-electron chi connectivity index (χ2n) is 6.95. The lowest BCUT2D eigenvalue weighted by Crippen LogP contribution is -2.38. The van der Waals surface area contributed by atoms with Gasteiger partial charge in [0.15, 0.2) is 0 Å². The molecule has 0 aromatic heterocycles. The molecule has 0 N–H and O–H groups in total. The molecule has 0 aliphatic rings. The van der Waals surface area contributed by atoms with Gasteiger partial charge in [0.25, 0.3) is 0 Å². The number of ether oxygens (including phenoxy) is 2. The van der Waals surface area contributed by atoms with Crippen molar-refractivity contribution in [3.05, 3.63) is 34.3 Å². The maximum Gasteiger partial charge on any atom is 0.312 e. The van der Waals surface area contributed by atoms with Crippen LogP contribution in [-0.4, -0.2) is 24.6 Å². The normalized spacial score (nSPS) is 15.4. The molecule has 0 amide bonds. The van der Waals surface area contributed by atoms with E-state index >= 15 is 0 Å². The Morgan fingerprint density at radius 2 is 1.65 bits per heavy atom. The van der Waals surface area contributed by atoms with E-state index in [1.165, 1.54) is 7.11 Å². The van der Waals surface area contributed by atoms with Gasteiger partial charge < -0.3 is 9.47 Å². The van der Waals surface area contributed by atoms with E-state index in [2.05, 4.69) is 15.9 Å². The van der Waals surface area contributed by atoms with E-state index in [1.54, 1.807) is 27.7 Å². The van der Waals surface area contributed by atoms with Gasteiger partial charge in [0.05, 0.1) is 18.9 Å². The van der Waals surface area contributed by atoms with E-state index < -0.39 is 23.0 Å². The number of carbonyl (C=O) groups is 2. The average molecular weight is 385 g/mol. The molecule has 0 aliphatic carbocycles. The van der Waals surface area contributed by atoms with Gasteiger partial charge in [-0.25, -0.2) is 0 Å². The Bertz CT molecular complexity index is 559. The van der Waals surface area contributed by atoms with Gasteiger partial charge in [-0.1, -0.05) is 35.0 Å². The monoisotopic (exact) mass is 384 g/mol. The minimum Gasteiger partial charge on any atom is -0.469 e. The highest BCUT2D eigenvalue weighted by Crippen LogP contribution is 2.40. The second-order valence-corrected chi connectivity index (χ2v) is 7.86. The van der Waals surface area contributed by atoms with Crippen molar-refractivity contribution in [2.75, 3.05) is 7.11 Å². The molecule has 0 radical (unpaired) electrons. The molecule has 0 bridgehead atoms. The first-order valence-electron chi connectivity index (χ1n) is 7.55. The van der Waals surface area contributed by atoms with E-state index in [0.717, 1.165) is 10.0 Å². The lowest BCUT2D eigenvalue weighted by Gasteiger charge is -2.33. The third-order valence-electron chi connectivity index (χ3n) is 3.91. The molecule has 2 atom stereocenters. The van der Waals surface area contributed by atoms with Gasteiger partial charge in [-0.05, 0) is 51.3 Å². The minimum atomic E-state index is -0.995. The number of carbonyl (C=O) groups excluding carboxylic acids is 2. The summed E-state index contributed by atoms with van der Waals surface area (Å²) in [6.45, 7) is 9.08. The first-order chi connectivity index (χ1) is 10.5. The predicted octanol–water partition coefficient (Wildman–Crippen LogP) is 4.46. The summed E-state index contributed by atoms with van der Waals surface area (Å²) in [6.07, 6.45) is -0.0336. The van der Waals surface area contributed by atoms with Crippen LogP contribution in [-0.2, 0) is 19.1 Å². The summed E-state index contributed by atoms with van der Waals surface area (Å²) in [5, 5.41) is 0. The quantitative estimate of drug-likeness (QED) is 0.702. The maximum absolute atomic E-state index is 12.4. The fraction of sp³-hybridized carbons (Fsp3) is 0.556. The molecule has 0 aliphatic heterocycles. The molecule has 0 spiro atoms. The highest BCUT2D eigenvalue weighted by Gasteiger charge is 2.43. The lowest BCUT2D eigenvalue weighted by atomic mass is 9.72. The van der Waals surface area contributed by atoms with E-state index in [-0.39, 0.29) is 12.3 Å². The first kappa shape index (κ1) is 19.7. The molecule has 0 heterocycles. The van der Waals surface area contributed by atoms with Crippen LogP contribution in [0.2, 0.25) is 0 Å². The van der Waals surface area contributed by atoms with E-state index in [9.17, 15) is 9.59 Å². The second kappa shape index (κ2) is 7.47. The topological polar surface area (TPSA) is 52.6 Å². The van der Waals surface area contributed by atoms with Gasteiger partial charge in [0.1, 0.15) is 5.60 Å². The predicted molar refractivity (Wildman–Crippen MR) is 93.1 cm³/mol. The van der Waals surface area contributed by atoms with E-state index in [4.69, 9.17) is 9.47 Å². The Labute approximate surface area is 146 Å². The van der Waals surface area contributed by atoms with E-state index in [0.29, 0.717) is 0 Å². The smallest absolute Gasteiger partial charge is 0.312 e. The van der Waals surface area contributed by atoms with Crippen LogP contribution in [0.4, 0.5) is 0 Å². The molecule has 23 heavy (non-hydrogen) atoms. The fourth-order valence-corrected chi connectivity index (χ4v) is 2.70. The first-order valence-corrected chi connectivity index (χ1v) is 8.34. The summed E-state index contributed by atoms with van der Waals surface area (Å²) in [6, 6.07) is 7.70. The van der Waals surface area contributed by atoms with Crippen molar-refractivity contribution in [3.8, 4) is 0 Å². The van der Waals surface area contributed by atoms with Gasteiger partial charge in [0.2, 0.25) is 0 Å². The number of hydrogen-bond acceptors (Lipinski definition) is 4. The van der Waals surface area contributed by atoms with E-state index in [1.807, 2.05) is 31.2 Å². The number of esters is 2. The summed E-state index contributed by atoms with van der Waals surface area (Å²) in [4.78, 5) is 24.6. The highest BCUT2D eigenvalue weighted by atomic mass is 79.9. The molecule has 0 saturated carbocycles. The zero-order chi connectivity index (χ0) is 17.8. The number of rotatable bonds is 5. The van der Waals surface area contributed by atoms with Crippen LogP contribution in [0.15, 0.2) is 28.7 Å². The number of benzene rings is 1. The van der Waals surface area contributed by atoms with Gasteiger partial charge in [-0.2, -0.15) is 0 Å². The van der Waals surface area contributed by atoms with Crippen LogP contribution >= 0.6 is 15.9 Å². The SMILES string of the molecule is COC(=O)[C@@](C)(CC(=O)OC(C)(C)C)[C@H](C)c1ccc(Br)cc1. The van der Waals surface area contributed by atoms with Crippen molar-refractivity contribution >= 4 is 27.9 Å². The summed E-state index contributed by atoms with van der Waals surface area (Å²) < 4.78 is 11.3. The Kier molecular flexibility index (Phi) is 6.40. The molecule has 5 heteroatoms. The van der Waals surface area contributed by atoms with Crippen molar-refractivity contribution in [1.29, 1.82) is 0 Å². The van der Waals surface area contributed by atoms with Crippen molar-refractivity contribution < 1.29 is 19.1 Å². The summed E-state index contributed by atoms with van der Waals surface area (Å²) >= 11 is 3.40. The Morgan fingerprint density at radius 1 is 1.13 bits per heavy atom. The molecule has 0 fully saturated rings. The van der Waals surface area contributed by atoms with Crippen LogP contribution in [0.25, 0.3) is 0 Å². The van der Waals surface area contributed by atoms with Crippen molar-refractivity contribution in [1.82, 2.24) is 0 Å². The summed E-state index contributed by atoms with van der Waals surface area (Å²) in [5.74, 6) is -1.02. The number of halogens is 1. The molecule has 1 aromatic rings. The highest BCUT2D eigenvalue weighted by molar-refractivity contribution is 9.10. The Balaban J connectivity index is 3.09. The fourth-order valence-electron chi connectivity index (χ4n) is 2.43. The zero-order valence-electron chi connectivity index (χ0n) is 14.6. The van der Waals surface area contributed by atoms with Gasteiger partial charge in [-0.15, -0.1) is 0 Å². The van der Waals surface area contributed by atoms with Crippen molar-refractivity contribution in [3.63, 3.8) is 0 Å². The third kappa shape index (κ3) is 5.34. The molecular formula is C18H25BrO4. The minimum absolute atomic E-state index is 0.0336. The molecule has 1 rings (SSSR count). The Hall–Kier alpha value is -1.36. The maximum atomic E-state index is 12.4. The zero-order valence-corrected chi connectivity index (χ0v) is 16.2. The van der Waals surface area contributed by atoms with Crippen LogP contribution in [0.1, 0.15) is 52.5 Å². The molecule has 4 nitrogen and oxygen atoms in total. The molecule has 0 unspecified atom stereocenters. The van der Waals surface area contributed by atoms with Crippen LogP contribution in [0.5, 0.6) is 0 Å². The van der Waals surface area contributed by atoms with Crippen LogP contribution < -0.4 is 0 Å². The molecular weight excluding hydrogens is 360 g/mol. The molecule has 0 saturated heterocycles. The van der Waals surface area contributed by atoms with Gasteiger partial charge in [0, 0.05) is 4.47 Å². The third-order valence-corrected chi connectivity index (χ3v) is 4.44. The van der Waals surface area contributed by atoms with Gasteiger partial charge in [-0.3, -0.25) is 9.59 Å². The van der Waals surface area contributed by atoms with Crippen molar-refractivity contribution in [2.24, 2.45) is 5.41 Å². The van der Waals surface area contributed by atoms with Crippen LogP contribution in [0.3, 0.4) is 0 Å². The average Bonchev–Trinajstić information content (AvgIpc) is 2.44. The standard InChI is InChI=1S/C18H25BrO4/c1-12(13-7-9-14(19)10-8-13)18(5,16(21)22-6)11-15(20)23-17(2,3)4/h7-10,12H,11H2,1-6H3/t12-,18+/m1/s1.